The molecule has 5 heteroatoms. The third-order valence-electron chi connectivity index (χ3n) is 4.11. The van der Waals surface area contributed by atoms with Crippen LogP contribution in [0.2, 0.25) is 0 Å². The number of hydrogen-bond acceptors (Lipinski definition) is 3. The molecule has 0 amide bonds. The van der Waals surface area contributed by atoms with Gasteiger partial charge in [-0.15, -0.1) is 0 Å². The Morgan fingerprint density at radius 2 is 2.05 bits per heavy atom. The van der Waals surface area contributed by atoms with E-state index >= 15 is 0 Å². The lowest BCUT2D eigenvalue weighted by Crippen LogP contribution is -2.24. The van der Waals surface area contributed by atoms with Gasteiger partial charge in [0, 0.05) is 10.5 Å². The van der Waals surface area contributed by atoms with Crippen molar-refractivity contribution in [2.45, 2.75) is 39.7 Å². The number of imidazole rings is 1. The smallest absolute Gasteiger partial charge is 0.201 e. The van der Waals surface area contributed by atoms with Gasteiger partial charge in [-0.3, -0.25) is 0 Å². The monoisotopic (exact) mass is 352 g/mol. The normalized spacial score (nSPS) is 13.2. The first-order valence-corrected chi connectivity index (χ1v) is 8.51. The van der Waals surface area contributed by atoms with Crippen LogP contribution < -0.4 is 5.73 Å². The molecule has 0 aliphatic heterocycles. The van der Waals surface area contributed by atoms with Crippen molar-refractivity contribution in [3.63, 3.8) is 0 Å². The summed E-state index contributed by atoms with van der Waals surface area (Å²) in [6.07, 6.45) is 2.29. The van der Waals surface area contributed by atoms with E-state index in [9.17, 15) is 0 Å². The van der Waals surface area contributed by atoms with E-state index in [2.05, 4.69) is 57.2 Å². The summed E-state index contributed by atoms with van der Waals surface area (Å²) in [5.41, 5.74) is 8.19. The first-order chi connectivity index (χ1) is 10.1. The number of nitrogen functional groups attached to an aromatic ring is 1. The molecule has 1 heterocycles. The van der Waals surface area contributed by atoms with Crippen LogP contribution in [0.4, 0.5) is 5.95 Å². The van der Waals surface area contributed by atoms with Gasteiger partial charge in [0.25, 0.3) is 0 Å². The summed E-state index contributed by atoms with van der Waals surface area (Å²) in [6, 6.07) is 6.47. The SMILES string of the molecule is CCN(CC)CCCC(C)n1c(N)nc2ccc(Br)cc21. The fourth-order valence-corrected chi connectivity index (χ4v) is 3.18. The Balaban J connectivity index is 2.10. The average molecular weight is 353 g/mol. The number of benzene rings is 1. The van der Waals surface area contributed by atoms with Crippen LogP contribution in [-0.2, 0) is 0 Å². The Morgan fingerprint density at radius 1 is 1.33 bits per heavy atom. The first-order valence-electron chi connectivity index (χ1n) is 7.72. The Morgan fingerprint density at radius 3 is 2.71 bits per heavy atom. The van der Waals surface area contributed by atoms with Gasteiger partial charge < -0.3 is 15.2 Å². The molecule has 0 saturated carbocycles. The molecule has 116 valence electrons. The molecule has 0 bridgehead atoms. The second kappa shape index (κ2) is 7.27. The zero-order valence-electron chi connectivity index (χ0n) is 13.1. The maximum atomic E-state index is 6.11. The van der Waals surface area contributed by atoms with Crippen molar-refractivity contribution in [1.82, 2.24) is 14.5 Å². The molecular weight excluding hydrogens is 328 g/mol. The molecule has 1 atom stereocenters. The highest BCUT2D eigenvalue weighted by Gasteiger charge is 2.14. The van der Waals surface area contributed by atoms with Crippen molar-refractivity contribution in [3.05, 3.63) is 22.7 Å². The van der Waals surface area contributed by atoms with Gasteiger partial charge in [-0.2, -0.15) is 0 Å². The molecule has 0 aliphatic carbocycles. The van der Waals surface area contributed by atoms with Gasteiger partial charge in [-0.25, -0.2) is 4.98 Å². The summed E-state index contributed by atoms with van der Waals surface area (Å²) in [5.74, 6) is 0.610. The van der Waals surface area contributed by atoms with Crippen molar-refractivity contribution in [1.29, 1.82) is 0 Å². The van der Waals surface area contributed by atoms with E-state index in [0.717, 1.165) is 41.6 Å². The Hall–Kier alpha value is -1.07. The molecule has 2 aromatic rings. The molecule has 21 heavy (non-hydrogen) atoms. The van der Waals surface area contributed by atoms with Crippen LogP contribution in [0.5, 0.6) is 0 Å². The van der Waals surface area contributed by atoms with Gasteiger partial charge in [0.05, 0.1) is 11.0 Å². The lowest BCUT2D eigenvalue weighted by Gasteiger charge is -2.20. The van der Waals surface area contributed by atoms with Crippen molar-refractivity contribution in [2.24, 2.45) is 0 Å². The van der Waals surface area contributed by atoms with E-state index in [1.54, 1.807) is 0 Å². The van der Waals surface area contributed by atoms with Crippen molar-refractivity contribution >= 4 is 32.9 Å². The number of nitrogens with two attached hydrogens (primary N) is 1. The van der Waals surface area contributed by atoms with Crippen LogP contribution >= 0.6 is 15.9 Å². The Kier molecular flexibility index (Phi) is 5.65. The van der Waals surface area contributed by atoms with E-state index in [-0.39, 0.29) is 0 Å². The van der Waals surface area contributed by atoms with Gasteiger partial charge >= 0.3 is 0 Å². The summed E-state index contributed by atoms with van der Waals surface area (Å²) >= 11 is 3.53. The standard InChI is InChI=1S/C16H25BrN4/c1-4-20(5-2)10-6-7-12(3)21-15-11-13(17)8-9-14(15)19-16(21)18/h8-9,11-12H,4-7,10H2,1-3H3,(H2,18,19). The maximum absolute atomic E-state index is 6.11. The van der Waals surface area contributed by atoms with Crippen molar-refractivity contribution < 1.29 is 0 Å². The largest absolute Gasteiger partial charge is 0.369 e. The molecule has 1 aromatic heterocycles. The van der Waals surface area contributed by atoms with Crippen LogP contribution in [0.15, 0.2) is 22.7 Å². The molecule has 0 spiro atoms. The fraction of sp³-hybridized carbons (Fsp3) is 0.562. The molecule has 1 aromatic carbocycles. The Labute approximate surface area is 135 Å². The zero-order valence-corrected chi connectivity index (χ0v) is 14.7. The van der Waals surface area contributed by atoms with E-state index in [1.807, 2.05) is 12.1 Å². The molecule has 4 nitrogen and oxygen atoms in total. The quantitative estimate of drug-likeness (QED) is 0.816. The number of nitrogens with zero attached hydrogens (tertiary/aromatic N) is 3. The lowest BCUT2D eigenvalue weighted by molar-refractivity contribution is 0.289. The number of aromatic nitrogens is 2. The van der Waals surface area contributed by atoms with Gasteiger partial charge in [0.15, 0.2) is 0 Å². The van der Waals surface area contributed by atoms with E-state index < -0.39 is 0 Å². The second-order valence-corrected chi connectivity index (χ2v) is 6.41. The van der Waals surface area contributed by atoms with E-state index in [4.69, 9.17) is 5.73 Å². The van der Waals surface area contributed by atoms with Gasteiger partial charge in [-0.1, -0.05) is 29.8 Å². The van der Waals surface area contributed by atoms with Gasteiger partial charge in [0.1, 0.15) is 0 Å². The number of rotatable bonds is 7. The Bertz CT molecular complexity index is 589. The minimum Gasteiger partial charge on any atom is -0.369 e. The predicted molar refractivity (Wildman–Crippen MR) is 93.6 cm³/mol. The molecule has 0 saturated heterocycles. The maximum Gasteiger partial charge on any atom is 0.201 e. The summed E-state index contributed by atoms with van der Waals surface area (Å²) in [6.45, 7) is 10.0. The minimum atomic E-state index is 0.361. The minimum absolute atomic E-state index is 0.361. The summed E-state index contributed by atoms with van der Waals surface area (Å²) in [4.78, 5) is 6.92. The third-order valence-corrected chi connectivity index (χ3v) is 4.60. The van der Waals surface area contributed by atoms with Gasteiger partial charge in [0.2, 0.25) is 5.95 Å². The molecule has 0 aliphatic rings. The average Bonchev–Trinajstić information content (AvgIpc) is 2.78. The number of fused-ring (bicyclic) bond motifs is 1. The first kappa shape index (κ1) is 16.3. The molecule has 0 radical (unpaired) electrons. The van der Waals surface area contributed by atoms with Gasteiger partial charge in [-0.05, 0) is 57.6 Å². The zero-order chi connectivity index (χ0) is 15.4. The highest BCUT2D eigenvalue weighted by atomic mass is 79.9. The molecule has 1 unspecified atom stereocenters. The fourth-order valence-electron chi connectivity index (χ4n) is 2.83. The number of halogens is 1. The van der Waals surface area contributed by atoms with Crippen LogP contribution in [0, 0.1) is 0 Å². The highest BCUT2D eigenvalue weighted by molar-refractivity contribution is 9.10. The van der Waals surface area contributed by atoms with Crippen LogP contribution in [0.1, 0.15) is 39.7 Å². The van der Waals surface area contributed by atoms with Crippen molar-refractivity contribution in [2.75, 3.05) is 25.4 Å². The van der Waals surface area contributed by atoms with E-state index in [1.165, 1.54) is 6.42 Å². The summed E-state index contributed by atoms with van der Waals surface area (Å²) in [7, 11) is 0. The number of anilines is 1. The number of hydrogen-bond donors (Lipinski definition) is 1. The molecule has 0 fully saturated rings. The topological polar surface area (TPSA) is 47.1 Å². The van der Waals surface area contributed by atoms with Crippen LogP contribution in [0.3, 0.4) is 0 Å². The molecule has 2 N–H and O–H groups in total. The van der Waals surface area contributed by atoms with E-state index in [0.29, 0.717) is 12.0 Å². The van der Waals surface area contributed by atoms with Crippen molar-refractivity contribution in [3.8, 4) is 0 Å². The van der Waals surface area contributed by atoms with Crippen LogP contribution in [0.25, 0.3) is 11.0 Å². The summed E-state index contributed by atoms with van der Waals surface area (Å²) in [5, 5.41) is 0. The lowest BCUT2D eigenvalue weighted by atomic mass is 10.1. The molecular formula is C16H25BrN4. The second-order valence-electron chi connectivity index (χ2n) is 5.49. The summed E-state index contributed by atoms with van der Waals surface area (Å²) < 4.78 is 3.22. The predicted octanol–water partition coefficient (Wildman–Crippen LogP) is 4.06. The highest BCUT2D eigenvalue weighted by Crippen LogP contribution is 2.27. The molecule has 2 rings (SSSR count). The third kappa shape index (κ3) is 3.77. The van der Waals surface area contributed by atoms with Crippen LogP contribution in [-0.4, -0.2) is 34.1 Å².